The molecule has 1 heterocycles. The monoisotopic (exact) mass is 219 g/mol. The zero-order valence-electron chi connectivity index (χ0n) is 10.1. The average molecular weight is 219 g/mol. The molecule has 0 saturated carbocycles. The smallest absolute Gasteiger partial charge is 0.324 e. The fraction of sp³-hybridized carbons (Fsp3) is 0.417. The van der Waals surface area contributed by atoms with Crippen LogP contribution in [0.1, 0.15) is 24.1 Å². The lowest BCUT2D eigenvalue weighted by molar-refractivity contribution is 0.793. The third-order valence-corrected chi connectivity index (χ3v) is 3.15. The average Bonchev–Trinajstić information content (AvgIpc) is 2.43. The normalized spacial score (nSPS) is 13.3. The highest BCUT2D eigenvalue weighted by atomic mass is 16.1. The minimum Gasteiger partial charge on any atom is -0.324 e. The van der Waals surface area contributed by atoms with Crippen molar-refractivity contribution in [2.45, 2.75) is 19.9 Å². The maximum Gasteiger partial charge on any atom is 0.328 e. The van der Waals surface area contributed by atoms with Gasteiger partial charge in [-0.05, 0) is 37.1 Å². The summed E-state index contributed by atoms with van der Waals surface area (Å²) in [4.78, 5) is 11.8. The Labute approximate surface area is 94.3 Å². The lowest BCUT2D eigenvalue weighted by Gasteiger charge is -2.10. The Bertz CT molecular complexity index is 605. The number of aryl methyl sites for hydroxylation is 3. The summed E-state index contributed by atoms with van der Waals surface area (Å²) in [6.45, 7) is 3.98. The zero-order valence-corrected chi connectivity index (χ0v) is 10.1. The highest BCUT2D eigenvalue weighted by Crippen LogP contribution is 2.22. The molecule has 86 valence electrons. The summed E-state index contributed by atoms with van der Waals surface area (Å²) in [5.41, 5.74) is 10.0. The minimum absolute atomic E-state index is 0.00350. The predicted molar refractivity (Wildman–Crippen MR) is 65.5 cm³/mol. The van der Waals surface area contributed by atoms with Gasteiger partial charge in [-0.25, -0.2) is 4.79 Å². The van der Waals surface area contributed by atoms with Crippen molar-refractivity contribution >= 4 is 11.0 Å². The number of imidazole rings is 1. The summed E-state index contributed by atoms with van der Waals surface area (Å²) in [7, 11) is 3.57. The molecule has 0 aliphatic carbocycles. The first-order valence-corrected chi connectivity index (χ1v) is 5.35. The first kappa shape index (κ1) is 11.0. The van der Waals surface area contributed by atoms with E-state index in [1.54, 1.807) is 23.2 Å². The second-order valence-corrected chi connectivity index (χ2v) is 4.39. The molecule has 4 nitrogen and oxygen atoms in total. The molecule has 16 heavy (non-hydrogen) atoms. The summed E-state index contributed by atoms with van der Waals surface area (Å²) in [6, 6.07) is 4.02. The molecule has 0 radical (unpaired) electrons. The van der Waals surface area contributed by atoms with E-state index in [4.69, 9.17) is 5.73 Å². The number of aromatic nitrogens is 2. The van der Waals surface area contributed by atoms with E-state index in [0.717, 1.165) is 22.2 Å². The van der Waals surface area contributed by atoms with E-state index in [2.05, 4.69) is 0 Å². The van der Waals surface area contributed by atoms with Crippen molar-refractivity contribution in [1.29, 1.82) is 0 Å². The van der Waals surface area contributed by atoms with Crippen LogP contribution in [0.2, 0.25) is 0 Å². The van der Waals surface area contributed by atoms with Gasteiger partial charge in [0, 0.05) is 20.1 Å². The van der Waals surface area contributed by atoms with E-state index in [9.17, 15) is 4.79 Å². The minimum atomic E-state index is -0.0142. The third-order valence-electron chi connectivity index (χ3n) is 3.15. The predicted octanol–water partition coefficient (Wildman–Crippen LogP) is 1.21. The molecule has 1 aromatic heterocycles. The van der Waals surface area contributed by atoms with Crippen LogP contribution in [0.5, 0.6) is 0 Å². The largest absolute Gasteiger partial charge is 0.328 e. The molecule has 2 N–H and O–H groups in total. The molecule has 1 atom stereocenters. The van der Waals surface area contributed by atoms with Crippen molar-refractivity contribution in [2.75, 3.05) is 0 Å². The first-order chi connectivity index (χ1) is 7.43. The van der Waals surface area contributed by atoms with Crippen LogP contribution in [0.25, 0.3) is 11.0 Å². The van der Waals surface area contributed by atoms with Gasteiger partial charge < -0.3 is 5.73 Å². The standard InChI is InChI=1S/C12H17N3O/c1-7-5-10-11(6-9(7)8(2)13)15(4)12(16)14(10)3/h5-6,8H,13H2,1-4H3. The van der Waals surface area contributed by atoms with Gasteiger partial charge >= 0.3 is 5.69 Å². The van der Waals surface area contributed by atoms with E-state index in [-0.39, 0.29) is 11.7 Å². The molecular weight excluding hydrogens is 202 g/mol. The van der Waals surface area contributed by atoms with Gasteiger partial charge in [0.25, 0.3) is 0 Å². The number of nitrogens with zero attached hydrogens (tertiary/aromatic N) is 2. The molecule has 0 aliphatic heterocycles. The van der Waals surface area contributed by atoms with Crippen LogP contribution in [-0.2, 0) is 14.1 Å². The van der Waals surface area contributed by atoms with E-state index in [1.165, 1.54) is 0 Å². The Balaban J connectivity index is 2.90. The van der Waals surface area contributed by atoms with Gasteiger partial charge in [-0.3, -0.25) is 9.13 Å². The van der Waals surface area contributed by atoms with Gasteiger partial charge in [0.05, 0.1) is 11.0 Å². The maximum atomic E-state index is 11.8. The molecule has 0 fully saturated rings. The summed E-state index contributed by atoms with van der Waals surface area (Å²) in [5.74, 6) is 0. The molecule has 1 aromatic carbocycles. The molecule has 2 rings (SSSR count). The molecule has 2 aromatic rings. The van der Waals surface area contributed by atoms with Gasteiger partial charge in [-0.2, -0.15) is 0 Å². The Kier molecular flexibility index (Phi) is 2.39. The molecule has 4 heteroatoms. The van der Waals surface area contributed by atoms with Crippen LogP contribution in [0.15, 0.2) is 16.9 Å². The van der Waals surface area contributed by atoms with Crippen molar-refractivity contribution in [1.82, 2.24) is 9.13 Å². The Morgan fingerprint density at radius 2 is 1.69 bits per heavy atom. The second-order valence-electron chi connectivity index (χ2n) is 4.39. The zero-order chi connectivity index (χ0) is 12.0. The molecule has 0 bridgehead atoms. The summed E-state index contributed by atoms with van der Waals surface area (Å²) in [6.07, 6.45) is 0. The molecule has 0 aliphatic rings. The van der Waals surface area contributed by atoms with Crippen LogP contribution in [0.3, 0.4) is 0 Å². The molecule has 1 unspecified atom stereocenters. The van der Waals surface area contributed by atoms with Crippen molar-refractivity contribution in [3.8, 4) is 0 Å². The number of rotatable bonds is 1. The van der Waals surface area contributed by atoms with Crippen LogP contribution < -0.4 is 11.4 Å². The fourth-order valence-electron chi connectivity index (χ4n) is 2.16. The number of benzene rings is 1. The van der Waals surface area contributed by atoms with Gasteiger partial charge in [0.1, 0.15) is 0 Å². The van der Waals surface area contributed by atoms with E-state index >= 15 is 0 Å². The first-order valence-electron chi connectivity index (χ1n) is 5.35. The Morgan fingerprint density at radius 3 is 2.19 bits per heavy atom. The van der Waals surface area contributed by atoms with Crippen molar-refractivity contribution < 1.29 is 0 Å². The summed E-state index contributed by atoms with van der Waals surface area (Å²) >= 11 is 0. The Morgan fingerprint density at radius 1 is 1.19 bits per heavy atom. The van der Waals surface area contributed by atoms with E-state index in [0.29, 0.717) is 0 Å². The second kappa shape index (κ2) is 3.49. The number of hydrogen-bond donors (Lipinski definition) is 1. The van der Waals surface area contributed by atoms with Crippen molar-refractivity contribution in [2.24, 2.45) is 19.8 Å². The number of hydrogen-bond acceptors (Lipinski definition) is 2. The Hall–Kier alpha value is -1.55. The van der Waals surface area contributed by atoms with Crippen LogP contribution in [-0.4, -0.2) is 9.13 Å². The van der Waals surface area contributed by atoms with Gasteiger partial charge in [-0.15, -0.1) is 0 Å². The van der Waals surface area contributed by atoms with Crippen LogP contribution in [0.4, 0.5) is 0 Å². The van der Waals surface area contributed by atoms with E-state index < -0.39 is 0 Å². The lowest BCUT2D eigenvalue weighted by atomic mass is 10.0. The molecule has 0 saturated heterocycles. The summed E-state index contributed by atoms with van der Waals surface area (Å²) in [5, 5.41) is 0. The van der Waals surface area contributed by atoms with Gasteiger partial charge in [0.2, 0.25) is 0 Å². The molecule has 0 amide bonds. The highest BCUT2D eigenvalue weighted by Gasteiger charge is 2.12. The van der Waals surface area contributed by atoms with Crippen LogP contribution >= 0.6 is 0 Å². The third kappa shape index (κ3) is 1.38. The number of nitrogens with two attached hydrogens (primary N) is 1. The fourth-order valence-corrected chi connectivity index (χ4v) is 2.16. The van der Waals surface area contributed by atoms with Gasteiger partial charge in [0.15, 0.2) is 0 Å². The maximum absolute atomic E-state index is 11.8. The number of fused-ring (bicyclic) bond motifs is 1. The highest BCUT2D eigenvalue weighted by molar-refractivity contribution is 5.78. The van der Waals surface area contributed by atoms with Crippen molar-refractivity contribution in [3.63, 3.8) is 0 Å². The van der Waals surface area contributed by atoms with E-state index in [1.807, 2.05) is 26.0 Å². The molecular formula is C12H17N3O. The van der Waals surface area contributed by atoms with Crippen molar-refractivity contribution in [3.05, 3.63) is 33.7 Å². The SMILES string of the molecule is Cc1cc2c(cc1C(C)N)n(C)c(=O)n2C. The lowest BCUT2D eigenvalue weighted by Crippen LogP contribution is -2.19. The molecule has 0 spiro atoms. The van der Waals surface area contributed by atoms with Crippen LogP contribution in [0, 0.1) is 6.92 Å². The quantitative estimate of drug-likeness (QED) is 0.783. The van der Waals surface area contributed by atoms with Gasteiger partial charge in [-0.1, -0.05) is 0 Å². The topological polar surface area (TPSA) is 52.9 Å². The summed E-state index contributed by atoms with van der Waals surface area (Å²) < 4.78 is 3.31.